The molecule has 1 aliphatic carbocycles. The van der Waals surface area contributed by atoms with Gasteiger partial charge in [-0.3, -0.25) is 0 Å². The Bertz CT molecular complexity index is 1090. The average molecular weight is 443 g/mol. The van der Waals surface area contributed by atoms with Gasteiger partial charge in [0.05, 0.1) is 16.8 Å². The first kappa shape index (κ1) is 21.8. The molecule has 32 heavy (non-hydrogen) atoms. The maximum absolute atomic E-state index is 13.3. The Morgan fingerprint density at radius 3 is 2.34 bits per heavy atom. The molecule has 0 atom stereocenters. The molecule has 1 fully saturated rings. The maximum Gasteiger partial charge on any atom is 0.416 e. The Labute approximate surface area is 183 Å². The molecule has 0 unspecified atom stereocenters. The molecule has 0 saturated heterocycles. The molecule has 1 aliphatic rings. The van der Waals surface area contributed by atoms with E-state index < -0.39 is 11.7 Å². The van der Waals surface area contributed by atoms with Crippen LogP contribution in [0.5, 0.6) is 0 Å². The number of rotatable bonds is 4. The lowest BCUT2D eigenvalue weighted by Crippen LogP contribution is -2.33. The zero-order valence-corrected chi connectivity index (χ0v) is 17.2. The van der Waals surface area contributed by atoms with Crippen LogP contribution in [-0.2, 0) is 6.18 Å². The Morgan fingerprint density at radius 2 is 1.69 bits per heavy atom. The number of hydrogen-bond acceptors (Lipinski definition) is 7. The van der Waals surface area contributed by atoms with Crippen molar-refractivity contribution in [3.8, 4) is 22.4 Å². The van der Waals surface area contributed by atoms with Gasteiger partial charge in [-0.2, -0.15) is 18.2 Å². The smallest absolute Gasteiger partial charge is 0.384 e. The van der Waals surface area contributed by atoms with Crippen molar-refractivity contribution in [3.05, 3.63) is 48.2 Å². The number of benzene rings is 1. The average Bonchev–Trinajstić information content (AvgIpc) is 2.75. The van der Waals surface area contributed by atoms with Crippen molar-refractivity contribution in [2.45, 2.75) is 43.9 Å². The molecule has 0 radical (unpaired) electrons. The molecule has 4 rings (SSSR count). The maximum atomic E-state index is 13.3. The van der Waals surface area contributed by atoms with Crippen molar-refractivity contribution in [2.24, 2.45) is 5.73 Å². The van der Waals surface area contributed by atoms with E-state index in [0.717, 1.165) is 37.8 Å². The fourth-order valence-corrected chi connectivity index (χ4v) is 3.88. The van der Waals surface area contributed by atoms with E-state index in [0.29, 0.717) is 16.9 Å². The normalized spacial score (nSPS) is 19.0. The number of hydrogen-bond donors (Lipinski definition) is 4. The van der Waals surface area contributed by atoms with Gasteiger partial charge < -0.3 is 22.5 Å². The molecule has 7 nitrogen and oxygen atoms in total. The van der Waals surface area contributed by atoms with Gasteiger partial charge in [-0.15, -0.1) is 0 Å². The van der Waals surface area contributed by atoms with Gasteiger partial charge in [-0.05, 0) is 49.9 Å². The standard InChI is InChI=1S/C22H24F3N7/c23-22(24,25)14-3-1-2-12(10-14)19-18(13-4-9-17(27)29-11-13)20(28)32-21(31-19)30-16-7-5-15(26)6-8-16/h1-4,9-11,15-16H,5-8,26H2,(H2,27,29)(H3,28,30,31,32). The summed E-state index contributed by atoms with van der Waals surface area (Å²) in [5, 5.41) is 3.27. The number of pyridine rings is 1. The summed E-state index contributed by atoms with van der Waals surface area (Å²) in [6.07, 6.45) is 0.474. The third-order valence-corrected chi connectivity index (χ3v) is 5.58. The third-order valence-electron chi connectivity index (χ3n) is 5.58. The molecule has 3 aromatic rings. The number of nitrogens with two attached hydrogens (primary N) is 3. The van der Waals surface area contributed by atoms with E-state index in [9.17, 15) is 13.2 Å². The zero-order valence-electron chi connectivity index (χ0n) is 17.2. The number of anilines is 3. The molecule has 10 heteroatoms. The number of alkyl halides is 3. The summed E-state index contributed by atoms with van der Waals surface area (Å²) >= 11 is 0. The Balaban J connectivity index is 1.80. The first-order valence-electron chi connectivity index (χ1n) is 10.3. The van der Waals surface area contributed by atoms with Crippen LogP contribution < -0.4 is 22.5 Å². The van der Waals surface area contributed by atoms with Crippen molar-refractivity contribution < 1.29 is 13.2 Å². The fraction of sp³-hybridized carbons (Fsp3) is 0.318. The van der Waals surface area contributed by atoms with Crippen LogP contribution >= 0.6 is 0 Å². The Morgan fingerprint density at radius 1 is 0.938 bits per heavy atom. The SMILES string of the molecule is Nc1ccc(-c2c(N)nc(NC3CCC(N)CC3)nc2-c2cccc(C(F)(F)F)c2)cn1. The summed E-state index contributed by atoms with van der Waals surface area (Å²) in [7, 11) is 0. The molecular weight excluding hydrogens is 419 g/mol. The second kappa shape index (κ2) is 8.62. The molecule has 1 aromatic carbocycles. The predicted molar refractivity (Wildman–Crippen MR) is 118 cm³/mol. The minimum atomic E-state index is -4.49. The van der Waals surface area contributed by atoms with Crippen molar-refractivity contribution in [2.75, 3.05) is 16.8 Å². The van der Waals surface area contributed by atoms with Gasteiger partial charge in [-0.25, -0.2) is 9.97 Å². The van der Waals surface area contributed by atoms with Crippen molar-refractivity contribution in [3.63, 3.8) is 0 Å². The van der Waals surface area contributed by atoms with E-state index in [1.165, 1.54) is 12.3 Å². The summed E-state index contributed by atoms with van der Waals surface area (Å²) in [5.41, 5.74) is 18.7. The highest BCUT2D eigenvalue weighted by Crippen LogP contribution is 2.38. The number of aromatic nitrogens is 3. The monoisotopic (exact) mass is 443 g/mol. The highest BCUT2D eigenvalue weighted by atomic mass is 19.4. The number of nitrogen functional groups attached to an aromatic ring is 2. The lowest BCUT2D eigenvalue weighted by Gasteiger charge is -2.27. The Kier molecular flexibility index (Phi) is 5.88. The van der Waals surface area contributed by atoms with Gasteiger partial charge >= 0.3 is 6.18 Å². The molecule has 0 amide bonds. The summed E-state index contributed by atoms with van der Waals surface area (Å²) < 4.78 is 40.0. The molecule has 2 heterocycles. The highest BCUT2D eigenvalue weighted by molar-refractivity contribution is 5.88. The molecule has 7 N–H and O–H groups in total. The lowest BCUT2D eigenvalue weighted by molar-refractivity contribution is -0.137. The zero-order chi connectivity index (χ0) is 22.9. The van der Waals surface area contributed by atoms with E-state index in [-0.39, 0.29) is 35.1 Å². The fourth-order valence-electron chi connectivity index (χ4n) is 3.88. The molecule has 2 aromatic heterocycles. The second-order valence-electron chi connectivity index (χ2n) is 7.96. The summed E-state index contributed by atoms with van der Waals surface area (Å²) in [6, 6.07) is 8.55. The van der Waals surface area contributed by atoms with E-state index >= 15 is 0 Å². The van der Waals surface area contributed by atoms with Gasteiger partial charge in [0.1, 0.15) is 11.6 Å². The lowest BCUT2D eigenvalue weighted by atomic mass is 9.92. The highest BCUT2D eigenvalue weighted by Gasteiger charge is 2.31. The Hall–Kier alpha value is -3.40. The molecule has 1 saturated carbocycles. The van der Waals surface area contributed by atoms with Crippen molar-refractivity contribution in [1.82, 2.24) is 15.0 Å². The van der Waals surface area contributed by atoms with E-state index in [2.05, 4.69) is 20.3 Å². The van der Waals surface area contributed by atoms with Crippen molar-refractivity contribution in [1.29, 1.82) is 0 Å². The summed E-state index contributed by atoms with van der Waals surface area (Å²) in [6.45, 7) is 0. The summed E-state index contributed by atoms with van der Waals surface area (Å²) in [5.74, 6) is 0.708. The van der Waals surface area contributed by atoms with Crippen LogP contribution in [0.4, 0.5) is 30.8 Å². The van der Waals surface area contributed by atoms with Gasteiger partial charge in [0, 0.05) is 29.4 Å². The van der Waals surface area contributed by atoms with Gasteiger partial charge in [0.2, 0.25) is 5.95 Å². The first-order chi connectivity index (χ1) is 15.2. The van der Waals surface area contributed by atoms with Gasteiger partial charge in [0.15, 0.2) is 0 Å². The van der Waals surface area contributed by atoms with Crippen LogP contribution in [0, 0.1) is 0 Å². The quantitative estimate of drug-likeness (QED) is 0.478. The predicted octanol–water partition coefficient (Wildman–Crippen LogP) is 4.07. The largest absolute Gasteiger partial charge is 0.416 e. The van der Waals surface area contributed by atoms with Crippen LogP contribution in [0.25, 0.3) is 22.4 Å². The second-order valence-corrected chi connectivity index (χ2v) is 7.96. The van der Waals surface area contributed by atoms with Crippen LogP contribution in [0.3, 0.4) is 0 Å². The number of nitrogens with zero attached hydrogens (tertiary/aromatic N) is 3. The van der Waals surface area contributed by atoms with Gasteiger partial charge in [-0.1, -0.05) is 12.1 Å². The number of halogens is 3. The van der Waals surface area contributed by atoms with Crippen LogP contribution in [0.2, 0.25) is 0 Å². The van der Waals surface area contributed by atoms with Crippen LogP contribution in [0.15, 0.2) is 42.6 Å². The number of nitrogens with one attached hydrogen (secondary N) is 1. The molecule has 0 spiro atoms. The topological polar surface area (TPSA) is 129 Å². The third kappa shape index (κ3) is 4.75. The summed E-state index contributed by atoms with van der Waals surface area (Å²) in [4.78, 5) is 13.0. The minimum absolute atomic E-state index is 0.118. The van der Waals surface area contributed by atoms with E-state index in [1.54, 1.807) is 18.2 Å². The van der Waals surface area contributed by atoms with Crippen LogP contribution in [0.1, 0.15) is 31.2 Å². The molecular formula is C22H24F3N7. The van der Waals surface area contributed by atoms with Crippen molar-refractivity contribution >= 4 is 17.6 Å². The minimum Gasteiger partial charge on any atom is -0.384 e. The molecule has 168 valence electrons. The van der Waals surface area contributed by atoms with E-state index in [4.69, 9.17) is 17.2 Å². The molecule has 0 aliphatic heterocycles. The van der Waals surface area contributed by atoms with Gasteiger partial charge in [0.25, 0.3) is 0 Å². The van der Waals surface area contributed by atoms with Crippen LogP contribution in [-0.4, -0.2) is 27.0 Å². The molecule has 0 bridgehead atoms. The van der Waals surface area contributed by atoms with E-state index in [1.807, 2.05) is 0 Å². The first-order valence-corrected chi connectivity index (χ1v) is 10.3.